The summed E-state index contributed by atoms with van der Waals surface area (Å²) in [5, 5.41) is 0. The van der Waals surface area contributed by atoms with E-state index in [0.29, 0.717) is 64.5 Å². The van der Waals surface area contributed by atoms with E-state index in [0.717, 1.165) is 36.1 Å². The van der Waals surface area contributed by atoms with E-state index in [1.54, 1.807) is 57.7 Å². The van der Waals surface area contributed by atoms with Crippen molar-refractivity contribution in [3.8, 4) is 46.0 Å². The van der Waals surface area contributed by atoms with Gasteiger partial charge in [0.15, 0.2) is 34.5 Å². The zero-order valence-electron chi connectivity index (χ0n) is 32.5. The second-order valence-electron chi connectivity index (χ2n) is 14.5. The van der Waals surface area contributed by atoms with E-state index < -0.39 is 10.0 Å². The maximum Gasteiger partial charge on any atom is 0.262 e. The molecule has 0 saturated heterocycles. The molecule has 4 heterocycles. The number of fused-ring (bicyclic) bond motifs is 2. The van der Waals surface area contributed by atoms with Crippen molar-refractivity contribution in [3.05, 3.63) is 118 Å². The van der Waals surface area contributed by atoms with Crippen LogP contribution >= 0.6 is 0 Å². The summed E-state index contributed by atoms with van der Waals surface area (Å²) in [6.07, 6.45) is 2.61. The van der Waals surface area contributed by atoms with Crippen molar-refractivity contribution >= 4 is 15.7 Å². The number of anilines is 1. The molecule has 5 aromatic carbocycles. The first-order valence-electron chi connectivity index (χ1n) is 18.7. The number of likely N-dealkylation sites (N-methyl/N-ethyl adjacent to an activating group) is 2. The van der Waals surface area contributed by atoms with Crippen LogP contribution in [0.15, 0.2) is 89.8 Å². The topological polar surface area (TPSA) is 108 Å². The van der Waals surface area contributed by atoms with Crippen molar-refractivity contribution < 1.29 is 36.8 Å². The summed E-state index contributed by atoms with van der Waals surface area (Å²) >= 11 is 0. The molecule has 12 heteroatoms. The van der Waals surface area contributed by atoms with Crippen molar-refractivity contribution in [1.82, 2.24) is 9.80 Å². The molecule has 0 amide bonds. The van der Waals surface area contributed by atoms with Gasteiger partial charge in [0.25, 0.3) is 10.0 Å². The van der Waals surface area contributed by atoms with Gasteiger partial charge in [-0.1, -0.05) is 30.3 Å². The highest BCUT2D eigenvalue weighted by atomic mass is 32.2. The third-order valence-electron chi connectivity index (χ3n) is 11.3. The summed E-state index contributed by atoms with van der Waals surface area (Å²) in [5.41, 5.74) is 6.38. The minimum absolute atomic E-state index is 0.0743. The van der Waals surface area contributed by atoms with E-state index >= 15 is 0 Å². The summed E-state index contributed by atoms with van der Waals surface area (Å²) in [6, 6.07) is 26.1. The zero-order chi connectivity index (χ0) is 39.1. The Morgan fingerprint density at radius 3 is 2.00 bits per heavy atom. The lowest BCUT2D eigenvalue weighted by atomic mass is 9.87. The van der Waals surface area contributed by atoms with Crippen LogP contribution in [0, 0.1) is 0 Å². The number of nitrogens with one attached hydrogen (secondary N) is 1. The average molecular weight is 778 g/mol. The highest BCUT2D eigenvalue weighted by Crippen LogP contribution is 2.52. The van der Waals surface area contributed by atoms with Gasteiger partial charge in [0.2, 0.25) is 5.75 Å². The first-order chi connectivity index (χ1) is 27.1. The standard InChI is InChI=1S/C44H47N3O8S/c1-46-18-16-28-22-36(50-3)39-25-33(28)34(46)20-27-12-14-32(15-13-27)54-38-24-30(41(26-37(38)51-4)56(48,49)45-31-10-8-7-9-11-31)21-35-42-29(17-19-47(35)2)23-40(52-5)43(53-6)44(42)55-39/h7-15,22-26,34-35,45H,16-21H2,1-6H3/t34-,35-/m1/s1. The van der Waals surface area contributed by atoms with Crippen molar-refractivity contribution in [2.75, 3.05) is 60.3 Å². The van der Waals surface area contributed by atoms with Crippen LogP contribution in [0.25, 0.3) is 0 Å². The van der Waals surface area contributed by atoms with Crippen LogP contribution in [0.4, 0.5) is 5.69 Å². The molecular formula is C44H47N3O8S. The molecule has 4 aliphatic heterocycles. The number of para-hydroxylation sites is 1. The molecule has 292 valence electrons. The number of sulfonamides is 1. The van der Waals surface area contributed by atoms with Crippen LogP contribution in [-0.4, -0.2) is 73.8 Å². The monoisotopic (exact) mass is 777 g/mol. The van der Waals surface area contributed by atoms with Gasteiger partial charge in [-0.25, -0.2) is 8.42 Å². The molecule has 0 radical (unpaired) electrons. The number of hydrogen-bond donors (Lipinski definition) is 1. The zero-order valence-corrected chi connectivity index (χ0v) is 33.4. The van der Waals surface area contributed by atoms with E-state index in [4.69, 9.17) is 28.4 Å². The number of hydrogen-bond acceptors (Lipinski definition) is 10. The van der Waals surface area contributed by atoms with Gasteiger partial charge < -0.3 is 28.4 Å². The van der Waals surface area contributed by atoms with Crippen LogP contribution in [-0.2, 0) is 35.7 Å². The second kappa shape index (κ2) is 15.2. The van der Waals surface area contributed by atoms with Gasteiger partial charge in [0, 0.05) is 42.5 Å². The van der Waals surface area contributed by atoms with Crippen molar-refractivity contribution in [2.45, 2.75) is 42.7 Å². The summed E-state index contributed by atoms with van der Waals surface area (Å²) in [6.45, 7) is 1.61. The van der Waals surface area contributed by atoms with Gasteiger partial charge in [0.1, 0.15) is 5.75 Å². The smallest absolute Gasteiger partial charge is 0.262 e. The third-order valence-corrected chi connectivity index (χ3v) is 12.7. The summed E-state index contributed by atoms with van der Waals surface area (Å²) in [7, 11) is 6.47. The number of methoxy groups -OCH3 is 4. The summed E-state index contributed by atoms with van der Waals surface area (Å²) in [4.78, 5) is 4.68. The van der Waals surface area contributed by atoms with Gasteiger partial charge in [-0.15, -0.1) is 0 Å². The summed E-state index contributed by atoms with van der Waals surface area (Å²) < 4.78 is 68.9. The van der Waals surface area contributed by atoms with Crippen LogP contribution in [0.3, 0.4) is 0 Å². The Morgan fingerprint density at radius 1 is 0.661 bits per heavy atom. The molecule has 0 aliphatic carbocycles. The maximum atomic E-state index is 14.4. The largest absolute Gasteiger partial charge is 0.493 e. The van der Waals surface area contributed by atoms with Gasteiger partial charge in [-0.2, -0.15) is 0 Å². The maximum absolute atomic E-state index is 14.4. The lowest BCUT2D eigenvalue weighted by Gasteiger charge is -2.37. The van der Waals surface area contributed by atoms with Crippen molar-refractivity contribution in [1.29, 1.82) is 0 Å². The summed E-state index contributed by atoms with van der Waals surface area (Å²) in [5.74, 6) is 3.93. The third kappa shape index (κ3) is 6.97. The van der Waals surface area contributed by atoms with E-state index in [1.807, 2.05) is 31.3 Å². The molecule has 2 atom stereocenters. The first kappa shape index (κ1) is 37.5. The van der Waals surface area contributed by atoms with Crippen LogP contribution in [0.1, 0.15) is 45.5 Å². The quantitative estimate of drug-likeness (QED) is 0.175. The molecule has 0 fully saturated rings. The fourth-order valence-electron chi connectivity index (χ4n) is 8.28. The average Bonchev–Trinajstić information content (AvgIpc) is 3.20. The molecule has 0 unspecified atom stereocenters. The molecule has 0 aromatic heterocycles. The Labute approximate surface area is 328 Å². The molecule has 0 saturated carbocycles. The van der Waals surface area contributed by atoms with Gasteiger partial charge in [-0.3, -0.25) is 14.5 Å². The van der Waals surface area contributed by atoms with E-state index in [1.165, 1.54) is 18.2 Å². The lowest BCUT2D eigenvalue weighted by molar-refractivity contribution is 0.219. The Kier molecular flexibility index (Phi) is 10.2. The number of ether oxygens (including phenoxy) is 6. The molecule has 1 N–H and O–H groups in total. The Bertz CT molecular complexity index is 2370. The Morgan fingerprint density at radius 2 is 1.30 bits per heavy atom. The fraction of sp³-hybridized carbons (Fsp3) is 0.318. The predicted octanol–water partition coefficient (Wildman–Crippen LogP) is 7.96. The minimum Gasteiger partial charge on any atom is -0.493 e. The molecule has 0 spiro atoms. The minimum atomic E-state index is -4.12. The molecule has 6 bridgehead atoms. The van der Waals surface area contributed by atoms with E-state index in [2.05, 4.69) is 45.8 Å². The van der Waals surface area contributed by atoms with Crippen molar-refractivity contribution in [3.63, 3.8) is 0 Å². The number of rotatable bonds is 7. The van der Waals surface area contributed by atoms with Crippen LogP contribution in [0.2, 0.25) is 0 Å². The van der Waals surface area contributed by atoms with Crippen molar-refractivity contribution in [2.24, 2.45) is 0 Å². The van der Waals surface area contributed by atoms with E-state index in [-0.39, 0.29) is 29.1 Å². The second-order valence-corrected chi connectivity index (χ2v) is 16.2. The fourth-order valence-corrected chi connectivity index (χ4v) is 9.59. The van der Waals surface area contributed by atoms with E-state index in [9.17, 15) is 8.42 Å². The van der Waals surface area contributed by atoms with Gasteiger partial charge in [-0.05, 0) is 116 Å². The molecule has 4 aliphatic rings. The highest BCUT2D eigenvalue weighted by Gasteiger charge is 2.36. The van der Waals surface area contributed by atoms with Gasteiger partial charge in [0.05, 0.1) is 33.3 Å². The normalized spacial score (nSPS) is 18.0. The highest BCUT2D eigenvalue weighted by molar-refractivity contribution is 7.92. The SMILES string of the molecule is COc1cc(S(=O)(=O)Nc2ccccc2)c2cc1Oc1ccc(cc1)C[C@@H]1c3cc(c(OC)cc3CCN1C)Oc1c(OC)c(OC)cc3c1[C@@H](C2)N(C)CC3. The molecule has 56 heavy (non-hydrogen) atoms. The van der Waals surface area contributed by atoms with Crippen LogP contribution < -0.4 is 33.1 Å². The predicted molar refractivity (Wildman–Crippen MR) is 215 cm³/mol. The van der Waals surface area contributed by atoms with Gasteiger partial charge >= 0.3 is 0 Å². The lowest BCUT2D eigenvalue weighted by Crippen LogP contribution is -2.34. The number of nitrogens with zero attached hydrogens (tertiary/aromatic N) is 2. The number of benzene rings is 5. The van der Waals surface area contributed by atoms with Crippen LogP contribution in [0.5, 0.6) is 46.0 Å². The molecular weight excluding hydrogens is 731 g/mol. The first-order valence-corrected chi connectivity index (χ1v) is 20.2. The molecule has 5 aromatic rings. The molecule has 11 nitrogen and oxygen atoms in total. The Hall–Kier alpha value is -5.43. The molecule has 9 rings (SSSR count). The Balaban J connectivity index is 1.38.